The monoisotopic (exact) mass is 354 g/mol. The highest BCUT2D eigenvalue weighted by molar-refractivity contribution is 9.10. The Kier molecular flexibility index (Phi) is 3.67. The summed E-state index contributed by atoms with van der Waals surface area (Å²) in [7, 11) is 0. The Hall–Kier alpha value is -1.89. The van der Waals surface area contributed by atoms with Crippen molar-refractivity contribution in [3.8, 4) is 0 Å². The largest absolute Gasteiger partial charge is 0.451 e. The van der Waals surface area contributed by atoms with Gasteiger partial charge in [0.15, 0.2) is 12.4 Å². The van der Waals surface area contributed by atoms with E-state index in [-0.39, 0.29) is 23.7 Å². The van der Waals surface area contributed by atoms with Crippen LogP contribution in [0.15, 0.2) is 22.7 Å². The number of H-pyrrole nitrogens is 1. The molecule has 1 aliphatic rings. The van der Waals surface area contributed by atoms with Crippen LogP contribution in [0.4, 0.5) is 4.39 Å². The second-order valence-corrected chi connectivity index (χ2v) is 5.67. The van der Waals surface area contributed by atoms with Crippen molar-refractivity contribution in [1.29, 1.82) is 0 Å². The zero-order chi connectivity index (χ0) is 15.0. The van der Waals surface area contributed by atoms with E-state index in [4.69, 9.17) is 4.74 Å². The number of rotatable bonds is 3. The normalized spacial score (nSPS) is 14.1. The summed E-state index contributed by atoms with van der Waals surface area (Å²) in [5.74, 6) is -1.35. The Morgan fingerprint density at radius 3 is 2.81 bits per heavy atom. The molecule has 1 saturated heterocycles. The third-order valence-electron chi connectivity index (χ3n) is 3.44. The number of amides is 1. The fraction of sp³-hybridized carbons (Fsp3) is 0.286. The molecule has 0 spiro atoms. The molecule has 0 saturated carbocycles. The molecule has 0 bridgehead atoms. The molecule has 3 rings (SSSR count). The molecule has 1 fully saturated rings. The summed E-state index contributed by atoms with van der Waals surface area (Å²) in [6, 6.07) is 4.75. The average molecular weight is 355 g/mol. The second kappa shape index (κ2) is 5.48. The number of nitrogens with zero attached hydrogens (tertiary/aromatic N) is 1. The number of halogens is 2. The van der Waals surface area contributed by atoms with Crippen LogP contribution in [0.3, 0.4) is 0 Å². The van der Waals surface area contributed by atoms with E-state index in [1.54, 1.807) is 17.0 Å². The summed E-state index contributed by atoms with van der Waals surface area (Å²) in [6.45, 7) is 1.13. The Balaban J connectivity index is 1.72. The lowest BCUT2D eigenvalue weighted by Gasteiger charge is -2.30. The lowest BCUT2D eigenvalue weighted by Crippen LogP contribution is -2.44. The number of aromatic nitrogens is 1. The summed E-state index contributed by atoms with van der Waals surface area (Å²) in [5, 5.41) is 0.566. The molecule has 0 unspecified atom stereocenters. The topological polar surface area (TPSA) is 62.4 Å². The van der Waals surface area contributed by atoms with Crippen LogP contribution in [0.5, 0.6) is 0 Å². The first kappa shape index (κ1) is 14.1. The van der Waals surface area contributed by atoms with Gasteiger partial charge in [0.2, 0.25) is 0 Å². The molecule has 2 heterocycles. The van der Waals surface area contributed by atoms with E-state index in [9.17, 15) is 14.0 Å². The molecule has 2 aromatic rings. The van der Waals surface area contributed by atoms with Crippen molar-refractivity contribution in [2.75, 3.05) is 19.7 Å². The van der Waals surface area contributed by atoms with Crippen LogP contribution in [-0.2, 0) is 9.53 Å². The maximum atomic E-state index is 13.9. The maximum Gasteiger partial charge on any atom is 0.355 e. The van der Waals surface area contributed by atoms with Gasteiger partial charge in [-0.25, -0.2) is 9.18 Å². The standard InChI is InChI=1S/C14H12BrFN2O3/c15-9-3-2-8-6-10(17-13(8)12(9)16)14(20)21-7-11(19)18-4-1-5-18/h2-3,6,17H,1,4-5,7H2. The van der Waals surface area contributed by atoms with E-state index in [1.165, 1.54) is 6.07 Å². The number of hydrogen-bond donors (Lipinski definition) is 1. The van der Waals surface area contributed by atoms with Gasteiger partial charge in [0.1, 0.15) is 5.69 Å². The molecule has 7 heteroatoms. The third kappa shape index (κ3) is 2.65. The molecule has 0 radical (unpaired) electrons. The predicted molar refractivity (Wildman–Crippen MR) is 77.4 cm³/mol. The Morgan fingerprint density at radius 2 is 2.14 bits per heavy atom. The van der Waals surface area contributed by atoms with Gasteiger partial charge in [-0.15, -0.1) is 0 Å². The third-order valence-corrected chi connectivity index (χ3v) is 4.05. The minimum atomic E-state index is -0.671. The van der Waals surface area contributed by atoms with E-state index < -0.39 is 11.8 Å². The SMILES string of the molecule is O=C(OCC(=O)N1CCC1)c1cc2ccc(Br)c(F)c2[nH]1. The number of carbonyl (C=O) groups excluding carboxylic acids is 2. The molecule has 5 nitrogen and oxygen atoms in total. The lowest BCUT2D eigenvalue weighted by atomic mass is 10.2. The van der Waals surface area contributed by atoms with Crippen LogP contribution < -0.4 is 0 Å². The van der Waals surface area contributed by atoms with Crippen molar-refractivity contribution in [3.63, 3.8) is 0 Å². The van der Waals surface area contributed by atoms with Crippen molar-refractivity contribution in [2.24, 2.45) is 0 Å². The first-order chi connectivity index (χ1) is 10.1. The van der Waals surface area contributed by atoms with Crippen molar-refractivity contribution in [2.45, 2.75) is 6.42 Å². The van der Waals surface area contributed by atoms with Crippen LogP contribution in [0, 0.1) is 5.82 Å². The zero-order valence-electron chi connectivity index (χ0n) is 11.0. The van der Waals surface area contributed by atoms with Crippen LogP contribution >= 0.6 is 15.9 Å². The minimum absolute atomic E-state index is 0.124. The number of esters is 1. The number of hydrogen-bond acceptors (Lipinski definition) is 3. The van der Waals surface area contributed by atoms with Gasteiger partial charge >= 0.3 is 5.97 Å². The fourth-order valence-electron chi connectivity index (χ4n) is 2.11. The van der Waals surface area contributed by atoms with Gasteiger partial charge in [-0.2, -0.15) is 0 Å². The number of fused-ring (bicyclic) bond motifs is 1. The first-order valence-corrected chi connectivity index (χ1v) is 7.27. The van der Waals surface area contributed by atoms with Crippen molar-refractivity contribution < 1.29 is 18.7 Å². The van der Waals surface area contributed by atoms with Gasteiger partial charge in [-0.05, 0) is 34.5 Å². The Morgan fingerprint density at radius 1 is 1.38 bits per heavy atom. The highest BCUT2D eigenvalue weighted by atomic mass is 79.9. The van der Waals surface area contributed by atoms with Gasteiger partial charge in [0, 0.05) is 18.5 Å². The molecule has 110 valence electrons. The summed E-state index contributed by atoms with van der Waals surface area (Å²) in [4.78, 5) is 27.8. The van der Waals surface area contributed by atoms with E-state index in [0.717, 1.165) is 6.42 Å². The van der Waals surface area contributed by atoms with Crippen LogP contribution in [0.1, 0.15) is 16.9 Å². The predicted octanol–water partition coefficient (Wildman–Crippen LogP) is 2.46. The Bertz CT molecular complexity index is 724. The van der Waals surface area contributed by atoms with Crippen LogP contribution in [-0.4, -0.2) is 41.5 Å². The summed E-state index contributed by atoms with van der Waals surface area (Å²) >= 11 is 3.08. The van der Waals surface area contributed by atoms with E-state index in [2.05, 4.69) is 20.9 Å². The highest BCUT2D eigenvalue weighted by Gasteiger charge is 2.22. The summed E-state index contributed by atoms with van der Waals surface area (Å²) in [5.41, 5.74) is 0.351. The van der Waals surface area contributed by atoms with E-state index in [1.807, 2.05) is 0 Å². The fourth-order valence-corrected chi connectivity index (χ4v) is 2.44. The number of nitrogens with one attached hydrogen (secondary N) is 1. The van der Waals surface area contributed by atoms with Crippen molar-refractivity contribution >= 4 is 38.7 Å². The molecule has 0 atom stereocenters. The molecule has 1 aromatic carbocycles. The van der Waals surface area contributed by atoms with Crippen LogP contribution in [0.25, 0.3) is 10.9 Å². The minimum Gasteiger partial charge on any atom is -0.451 e. The molecule has 0 aliphatic carbocycles. The maximum absolute atomic E-state index is 13.9. The number of aromatic amines is 1. The van der Waals surface area contributed by atoms with Gasteiger partial charge in [0.05, 0.1) is 9.99 Å². The first-order valence-electron chi connectivity index (χ1n) is 6.48. The highest BCUT2D eigenvalue weighted by Crippen LogP contribution is 2.25. The van der Waals surface area contributed by atoms with Gasteiger partial charge in [-0.3, -0.25) is 4.79 Å². The molecule has 1 aliphatic heterocycles. The summed E-state index contributed by atoms with van der Waals surface area (Å²) in [6.07, 6.45) is 0.982. The van der Waals surface area contributed by atoms with Crippen molar-refractivity contribution in [3.05, 3.63) is 34.2 Å². The molecule has 1 N–H and O–H groups in total. The number of likely N-dealkylation sites (tertiary alicyclic amines) is 1. The lowest BCUT2D eigenvalue weighted by molar-refractivity contribution is -0.137. The smallest absolute Gasteiger partial charge is 0.355 e. The number of carbonyl (C=O) groups is 2. The van der Waals surface area contributed by atoms with Crippen LogP contribution in [0.2, 0.25) is 0 Å². The van der Waals surface area contributed by atoms with Gasteiger partial charge < -0.3 is 14.6 Å². The summed E-state index contributed by atoms with van der Waals surface area (Å²) < 4.78 is 19.1. The molecule has 1 aromatic heterocycles. The zero-order valence-corrected chi connectivity index (χ0v) is 12.6. The van der Waals surface area contributed by atoms with Gasteiger partial charge in [-0.1, -0.05) is 6.07 Å². The van der Waals surface area contributed by atoms with E-state index in [0.29, 0.717) is 22.9 Å². The number of benzene rings is 1. The second-order valence-electron chi connectivity index (χ2n) is 4.82. The van der Waals surface area contributed by atoms with Crippen molar-refractivity contribution in [1.82, 2.24) is 9.88 Å². The average Bonchev–Trinajstić information content (AvgIpc) is 2.83. The molecular weight excluding hydrogens is 343 g/mol. The van der Waals surface area contributed by atoms with E-state index >= 15 is 0 Å². The van der Waals surface area contributed by atoms with Gasteiger partial charge in [0.25, 0.3) is 5.91 Å². The molecule has 1 amide bonds. The Labute approximate surface area is 128 Å². The number of ether oxygens (including phenoxy) is 1. The quantitative estimate of drug-likeness (QED) is 0.861. The molecule has 21 heavy (non-hydrogen) atoms. The molecular formula is C14H12BrFN2O3.